The molecule has 2 nitrogen and oxygen atoms in total. The van der Waals surface area contributed by atoms with Gasteiger partial charge in [0.05, 0.1) is 0 Å². The smallest absolute Gasteiger partial charge is 0.226 e. The average Bonchev–Trinajstić information content (AvgIpc) is 2.03. The van der Waals surface area contributed by atoms with Crippen molar-refractivity contribution < 1.29 is 4.79 Å². The lowest BCUT2D eigenvalue weighted by atomic mass is 10.1. The van der Waals surface area contributed by atoms with E-state index in [0.717, 1.165) is 11.3 Å². The number of carbonyl (C=O) groups is 1. The lowest BCUT2D eigenvalue weighted by Gasteiger charge is -2.10. The van der Waals surface area contributed by atoms with Crippen molar-refractivity contribution in [1.82, 2.24) is 5.32 Å². The summed E-state index contributed by atoms with van der Waals surface area (Å²) < 4.78 is 0. The van der Waals surface area contributed by atoms with E-state index in [1.165, 1.54) is 0 Å². The van der Waals surface area contributed by atoms with Crippen LogP contribution < -0.4 is 5.32 Å². The van der Waals surface area contributed by atoms with E-state index in [1.807, 2.05) is 20.8 Å². The van der Waals surface area contributed by atoms with Crippen molar-refractivity contribution >= 4 is 5.91 Å². The molecule has 0 saturated heterocycles. The number of nitrogens with one attached hydrogen (secondary N) is 1. The van der Waals surface area contributed by atoms with Crippen molar-refractivity contribution in [3.8, 4) is 0 Å². The summed E-state index contributed by atoms with van der Waals surface area (Å²) in [5, 5.41) is 2.77. The quantitative estimate of drug-likeness (QED) is 0.660. The maximum atomic E-state index is 11.3. The monoisotopic (exact) mass is 179 g/mol. The van der Waals surface area contributed by atoms with Crippen molar-refractivity contribution in [2.24, 2.45) is 5.92 Å². The first kappa shape index (κ1) is 11.7. The van der Waals surface area contributed by atoms with Crippen molar-refractivity contribution in [2.45, 2.75) is 20.8 Å². The zero-order valence-electron chi connectivity index (χ0n) is 8.55. The van der Waals surface area contributed by atoms with Gasteiger partial charge in [-0.25, -0.2) is 0 Å². The minimum absolute atomic E-state index is 0.00361. The Hall–Kier alpha value is -1.31. The first-order chi connectivity index (χ1) is 5.99. The maximum absolute atomic E-state index is 11.3. The van der Waals surface area contributed by atoms with Crippen LogP contribution in [0.25, 0.3) is 0 Å². The number of allylic oxidation sites excluding steroid dienone is 3. The van der Waals surface area contributed by atoms with E-state index >= 15 is 0 Å². The molecule has 72 valence electrons. The maximum Gasteiger partial charge on any atom is 0.226 e. The Morgan fingerprint density at radius 3 is 2.31 bits per heavy atom. The van der Waals surface area contributed by atoms with Crippen LogP contribution in [0.3, 0.4) is 0 Å². The molecule has 0 rings (SSSR count). The molecule has 0 aromatic heterocycles. The third-order valence-corrected chi connectivity index (χ3v) is 1.53. The molecule has 1 amide bonds. The zero-order valence-corrected chi connectivity index (χ0v) is 8.55. The van der Waals surface area contributed by atoms with Crippen LogP contribution in [0.5, 0.6) is 0 Å². The van der Waals surface area contributed by atoms with E-state index in [2.05, 4.69) is 18.5 Å². The molecule has 2 heteroatoms. The van der Waals surface area contributed by atoms with Crippen LogP contribution in [-0.2, 0) is 4.79 Å². The molecule has 0 fully saturated rings. The van der Waals surface area contributed by atoms with Gasteiger partial charge in [-0.15, -0.1) is 0 Å². The van der Waals surface area contributed by atoms with Crippen LogP contribution in [0, 0.1) is 5.92 Å². The molecule has 0 aliphatic rings. The molecule has 0 aromatic rings. The molecule has 1 N–H and O–H groups in total. The van der Waals surface area contributed by atoms with Crippen molar-refractivity contribution in [3.63, 3.8) is 0 Å². The zero-order chi connectivity index (χ0) is 10.4. The number of amides is 1. The Kier molecular flexibility index (Phi) is 4.82. The second-order valence-electron chi connectivity index (χ2n) is 3.24. The number of rotatable bonds is 4. The van der Waals surface area contributed by atoms with Gasteiger partial charge in [0.1, 0.15) is 0 Å². The van der Waals surface area contributed by atoms with Crippen LogP contribution in [0.15, 0.2) is 36.6 Å². The highest BCUT2D eigenvalue weighted by molar-refractivity contribution is 5.80. The summed E-state index contributed by atoms with van der Waals surface area (Å²) in [6.45, 7) is 12.9. The molecule has 13 heavy (non-hydrogen) atoms. The predicted octanol–water partition coefficient (Wildman–Crippen LogP) is 2.40. The van der Waals surface area contributed by atoms with E-state index in [4.69, 9.17) is 0 Å². The van der Waals surface area contributed by atoms with Crippen LogP contribution in [0.4, 0.5) is 0 Å². The van der Waals surface area contributed by atoms with Crippen LogP contribution in [-0.4, -0.2) is 5.91 Å². The van der Waals surface area contributed by atoms with Crippen LogP contribution >= 0.6 is 0 Å². The highest BCUT2D eigenvalue weighted by atomic mass is 16.1. The first-order valence-corrected chi connectivity index (χ1v) is 4.28. The SMILES string of the molecule is C=C/C=C(/NC(=O)C(C)C)C(=C)C. The van der Waals surface area contributed by atoms with Gasteiger partial charge in [-0.05, 0) is 18.6 Å². The highest BCUT2D eigenvalue weighted by Gasteiger charge is 2.08. The molecule has 0 radical (unpaired) electrons. The molecular weight excluding hydrogens is 162 g/mol. The normalized spacial score (nSPS) is 11.2. The summed E-state index contributed by atoms with van der Waals surface area (Å²) >= 11 is 0. The van der Waals surface area contributed by atoms with Crippen LogP contribution in [0.1, 0.15) is 20.8 Å². The van der Waals surface area contributed by atoms with Gasteiger partial charge in [-0.3, -0.25) is 4.79 Å². The minimum atomic E-state index is -0.0208. The van der Waals surface area contributed by atoms with Crippen molar-refractivity contribution in [3.05, 3.63) is 36.6 Å². The summed E-state index contributed by atoms with van der Waals surface area (Å²) in [5.41, 5.74) is 1.56. The molecule has 0 unspecified atom stereocenters. The third-order valence-electron chi connectivity index (χ3n) is 1.53. The number of carbonyl (C=O) groups excluding carboxylic acids is 1. The summed E-state index contributed by atoms with van der Waals surface area (Å²) in [7, 11) is 0. The van der Waals surface area contributed by atoms with Gasteiger partial charge in [-0.2, -0.15) is 0 Å². The van der Waals surface area contributed by atoms with Gasteiger partial charge >= 0.3 is 0 Å². The molecule has 0 atom stereocenters. The summed E-state index contributed by atoms with van der Waals surface area (Å²) in [4.78, 5) is 11.3. The standard InChI is InChI=1S/C11H17NO/c1-6-7-10(8(2)3)12-11(13)9(4)5/h6-7,9H,1-2H2,3-5H3,(H,12,13)/b10-7+. The Balaban J connectivity index is 4.45. The van der Waals surface area contributed by atoms with E-state index < -0.39 is 0 Å². The largest absolute Gasteiger partial charge is 0.326 e. The molecular formula is C11H17NO. The summed E-state index contributed by atoms with van der Waals surface area (Å²) in [6.07, 6.45) is 3.37. The fraction of sp³-hybridized carbons (Fsp3) is 0.364. The lowest BCUT2D eigenvalue weighted by molar-refractivity contribution is -0.123. The van der Waals surface area contributed by atoms with E-state index in [-0.39, 0.29) is 11.8 Å². The summed E-state index contributed by atoms with van der Waals surface area (Å²) in [5.74, 6) is -0.0244. The van der Waals surface area contributed by atoms with E-state index in [0.29, 0.717) is 0 Å². The minimum Gasteiger partial charge on any atom is -0.326 e. The van der Waals surface area contributed by atoms with E-state index in [1.54, 1.807) is 12.2 Å². The van der Waals surface area contributed by atoms with Gasteiger partial charge < -0.3 is 5.32 Å². The molecule has 0 aliphatic heterocycles. The second kappa shape index (κ2) is 5.36. The van der Waals surface area contributed by atoms with Gasteiger partial charge in [-0.1, -0.05) is 33.1 Å². The summed E-state index contributed by atoms with van der Waals surface area (Å²) in [6, 6.07) is 0. The average molecular weight is 179 g/mol. The molecule has 0 spiro atoms. The van der Waals surface area contributed by atoms with Crippen molar-refractivity contribution in [1.29, 1.82) is 0 Å². The van der Waals surface area contributed by atoms with Gasteiger partial charge in [0.25, 0.3) is 0 Å². The van der Waals surface area contributed by atoms with Crippen LogP contribution in [0.2, 0.25) is 0 Å². The Labute approximate surface area is 80.0 Å². The molecule has 0 heterocycles. The van der Waals surface area contributed by atoms with Gasteiger partial charge in [0.2, 0.25) is 5.91 Å². The topological polar surface area (TPSA) is 29.1 Å². The van der Waals surface area contributed by atoms with E-state index in [9.17, 15) is 4.79 Å². The highest BCUT2D eigenvalue weighted by Crippen LogP contribution is 2.04. The molecule has 0 aromatic carbocycles. The Morgan fingerprint density at radius 1 is 1.46 bits per heavy atom. The Morgan fingerprint density at radius 2 is 2.00 bits per heavy atom. The number of hydrogen-bond donors (Lipinski definition) is 1. The third kappa shape index (κ3) is 4.31. The first-order valence-electron chi connectivity index (χ1n) is 4.28. The Bertz CT molecular complexity index is 249. The fourth-order valence-electron chi connectivity index (χ4n) is 0.686. The molecule has 0 saturated carbocycles. The predicted molar refractivity (Wildman–Crippen MR) is 56.1 cm³/mol. The molecule has 0 bridgehead atoms. The fourth-order valence-corrected chi connectivity index (χ4v) is 0.686. The van der Waals surface area contributed by atoms with Gasteiger partial charge in [0, 0.05) is 11.6 Å². The molecule has 0 aliphatic carbocycles. The van der Waals surface area contributed by atoms with Crippen molar-refractivity contribution in [2.75, 3.05) is 0 Å². The second-order valence-corrected chi connectivity index (χ2v) is 3.24. The van der Waals surface area contributed by atoms with Gasteiger partial charge in [0.15, 0.2) is 0 Å². The lowest BCUT2D eigenvalue weighted by Crippen LogP contribution is -2.27. The number of hydrogen-bond acceptors (Lipinski definition) is 1.